The zero-order valence-corrected chi connectivity index (χ0v) is 34.8. The first kappa shape index (κ1) is 42.8. The van der Waals surface area contributed by atoms with Gasteiger partial charge in [0, 0.05) is 88.7 Å². The maximum atomic E-state index is 14.1. The molecule has 17 nitrogen and oxygen atoms in total. The Labute approximate surface area is 340 Å². The van der Waals surface area contributed by atoms with E-state index in [0.29, 0.717) is 61.8 Å². The smallest absolute Gasteiger partial charge is 0.333 e. The third kappa shape index (κ3) is 8.69. The number of hydrogen-bond donors (Lipinski definition) is 4. The molecule has 0 saturated carbocycles. The summed E-state index contributed by atoms with van der Waals surface area (Å²) in [6, 6.07) is 5.52. The number of aryl methyl sites for hydroxylation is 2. The summed E-state index contributed by atoms with van der Waals surface area (Å²) in [5.74, 6) is -5.51. The van der Waals surface area contributed by atoms with Gasteiger partial charge < -0.3 is 24.9 Å². The number of esters is 1. The summed E-state index contributed by atoms with van der Waals surface area (Å²) in [5, 5.41) is 3.05. The number of aromatic amines is 2. The van der Waals surface area contributed by atoms with Crippen molar-refractivity contribution in [1.29, 1.82) is 0 Å². The van der Waals surface area contributed by atoms with Gasteiger partial charge in [-0.2, -0.15) is 8.42 Å². The fraction of sp³-hybridized carbons (Fsp3) is 0.463. The van der Waals surface area contributed by atoms with Crippen molar-refractivity contribution < 1.29 is 51.3 Å². The molecule has 6 heterocycles. The molecule has 3 aromatic rings. The van der Waals surface area contributed by atoms with Gasteiger partial charge >= 0.3 is 11.9 Å². The lowest BCUT2D eigenvalue weighted by Crippen LogP contribution is -2.32. The Morgan fingerprint density at radius 1 is 0.881 bits per heavy atom. The molecule has 314 valence electrons. The summed E-state index contributed by atoms with van der Waals surface area (Å²) >= 11 is 0. The predicted molar refractivity (Wildman–Crippen MR) is 214 cm³/mol. The quantitative estimate of drug-likeness (QED) is 0.0810. The maximum absolute atomic E-state index is 14.1. The number of carbonyl (C=O) groups excluding carboxylic acids is 6. The Bertz CT molecular complexity index is 2540. The van der Waals surface area contributed by atoms with Crippen LogP contribution in [0, 0.1) is 13.8 Å². The van der Waals surface area contributed by atoms with Gasteiger partial charge in [-0.05, 0) is 62.9 Å². The second-order valence-electron chi connectivity index (χ2n) is 15.3. The first-order valence-corrected chi connectivity index (χ1v) is 21.1. The van der Waals surface area contributed by atoms with E-state index in [0.717, 1.165) is 5.69 Å². The molecule has 59 heavy (non-hydrogen) atoms. The molecule has 1 fully saturated rings. The first-order valence-electron chi connectivity index (χ1n) is 19.5. The summed E-state index contributed by atoms with van der Waals surface area (Å²) in [5.41, 5.74) is 6.10. The number of fused-ring (bicyclic) bond motifs is 8. The largest absolute Gasteiger partial charge is 0.469 e. The molecule has 4 N–H and O–H groups in total. The van der Waals surface area contributed by atoms with Gasteiger partial charge in [-0.25, -0.2) is 4.79 Å². The minimum atomic E-state index is -4.42. The van der Waals surface area contributed by atoms with Crippen molar-refractivity contribution >= 4 is 67.6 Å². The molecule has 3 aliphatic heterocycles. The summed E-state index contributed by atoms with van der Waals surface area (Å²) in [4.78, 5) is 100. The van der Waals surface area contributed by atoms with Crippen LogP contribution in [0.25, 0.3) is 22.1 Å². The minimum absolute atomic E-state index is 0.0522. The Balaban J connectivity index is 1.68. The van der Waals surface area contributed by atoms with Crippen molar-refractivity contribution in [1.82, 2.24) is 30.3 Å². The number of nitrogens with zero attached hydrogens (tertiary/aromatic N) is 3. The lowest BCUT2D eigenvalue weighted by molar-refractivity contribution is -0.197. The molecule has 6 rings (SSSR count). The number of methoxy groups -OCH3 is 1. The van der Waals surface area contributed by atoms with Crippen LogP contribution in [0.5, 0.6) is 0 Å². The Morgan fingerprint density at radius 3 is 2.10 bits per heavy atom. The average molecular weight is 833 g/mol. The highest BCUT2D eigenvalue weighted by molar-refractivity contribution is 7.85. The predicted octanol–water partition coefficient (Wildman–Crippen LogP) is 5.04. The minimum Gasteiger partial charge on any atom is -0.469 e. The Morgan fingerprint density at radius 2 is 1.47 bits per heavy atom. The highest BCUT2D eigenvalue weighted by Crippen LogP contribution is 2.44. The summed E-state index contributed by atoms with van der Waals surface area (Å²) in [6.45, 7) is 10.6. The number of Topliss-reactive ketones (excluding diaryl/α,β-unsaturated/α-hetero) is 1. The van der Waals surface area contributed by atoms with Gasteiger partial charge in [0.05, 0.1) is 41.6 Å². The number of hydrogen-bond acceptors (Lipinski definition) is 12. The number of rotatable bonds is 12. The van der Waals surface area contributed by atoms with Gasteiger partial charge in [0.2, 0.25) is 0 Å². The van der Waals surface area contributed by atoms with E-state index in [1.165, 1.54) is 14.0 Å². The van der Waals surface area contributed by atoms with Gasteiger partial charge in [-0.1, -0.05) is 20.8 Å². The maximum Gasteiger partial charge on any atom is 0.333 e. The number of aromatic nitrogens is 4. The van der Waals surface area contributed by atoms with Crippen molar-refractivity contribution in [2.24, 2.45) is 0 Å². The van der Waals surface area contributed by atoms with Gasteiger partial charge in [-0.15, -0.1) is 5.06 Å². The van der Waals surface area contributed by atoms with Crippen molar-refractivity contribution in [3.63, 3.8) is 0 Å². The summed E-state index contributed by atoms with van der Waals surface area (Å²) in [7, 11) is -3.20. The highest BCUT2D eigenvalue weighted by atomic mass is 32.2. The third-order valence-corrected chi connectivity index (χ3v) is 12.3. The van der Waals surface area contributed by atoms with Crippen LogP contribution in [-0.2, 0) is 45.3 Å². The van der Waals surface area contributed by atoms with E-state index < -0.39 is 63.9 Å². The van der Waals surface area contributed by atoms with Crippen LogP contribution < -0.4 is 5.32 Å². The average Bonchev–Trinajstić information content (AvgIpc) is 3.92. The number of amides is 3. The molecule has 0 radical (unpaired) electrons. The number of hydroxylamine groups is 2. The number of nitrogens with one attached hydrogen (secondary N) is 3. The molecular formula is C41H48N6O11S. The molecule has 3 aliphatic rings. The van der Waals surface area contributed by atoms with Gasteiger partial charge in [0.25, 0.3) is 27.8 Å². The van der Waals surface area contributed by atoms with E-state index in [4.69, 9.17) is 19.5 Å². The standard InChI is InChI=1S/C41H48N6O11S/c1-8-24-19(2)27-18-32-37(23(6)48)21(4)29(44-32)16-28-20(3)25(9-12-35(51)58-47-33(49)10-11-34(47)50)39(45-28)26(15-36(52)57-7)40-38(41(53)42-13-14-59(54,55)56)22(5)30(46-40)17-31(24)43-27/h16-20,24-25,44,46H,8-15H2,1-7H3,(H,42,53)(H,54,55,56)/t19?,20?,24-,25+/m1/s1. The molecule has 1 saturated heterocycles. The number of ketones is 1. The normalized spacial score (nSPS) is 19.2. The fourth-order valence-electron chi connectivity index (χ4n) is 8.31. The monoisotopic (exact) mass is 832 g/mol. The van der Waals surface area contributed by atoms with Crippen molar-refractivity contribution in [2.45, 2.75) is 104 Å². The van der Waals surface area contributed by atoms with E-state index in [1.807, 2.05) is 32.9 Å². The van der Waals surface area contributed by atoms with Crippen LogP contribution in [0.1, 0.15) is 144 Å². The van der Waals surface area contributed by atoms with E-state index in [1.54, 1.807) is 13.0 Å². The molecule has 3 amide bonds. The lowest BCUT2D eigenvalue weighted by atomic mass is 9.85. The van der Waals surface area contributed by atoms with Crippen LogP contribution in [-0.4, -0.2) is 92.8 Å². The van der Waals surface area contributed by atoms with Crippen molar-refractivity contribution in [3.8, 4) is 0 Å². The summed E-state index contributed by atoms with van der Waals surface area (Å²) < 4.78 is 37.7. The molecular weight excluding hydrogens is 785 g/mol. The first-order chi connectivity index (χ1) is 27.8. The molecule has 4 atom stereocenters. The lowest BCUT2D eigenvalue weighted by Gasteiger charge is -2.19. The second kappa shape index (κ2) is 16.8. The molecule has 8 bridgehead atoms. The molecule has 2 unspecified atom stereocenters. The van der Waals surface area contributed by atoms with E-state index in [-0.39, 0.29) is 66.4 Å². The van der Waals surface area contributed by atoms with Crippen molar-refractivity contribution in [3.05, 3.63) is 68.8 Å². The van der Waals surface area contributed by atoms with Crippen LogP contribution in [0.3, 0.4) is 0 Å². The third-order valence-electron chi connectivity index (χ3n) is 11.5. The van der Waals surface area contributed by atoms with Crippen molar-refractivity contribution in [2.75, 3.05) is 19.4 Å². The second-order valence-corrected chi connectivity index (χ2v) is 16.9. The fourth-order valence-corrected chi connectivity index (χ4v) is 8.67. The SMILES string of the molecule is CC[C@H]1c2cc3[nH]c(c(CC(=O)OC)c4nc(cc5[nH]c(cc(n2)C1C)c(C(C)=O)c5C)C(C)[C@@H]4CCC(=O)ON1C(=O)CCC1=O)c(C(=O)NCCS(=O)(=O)O)c3C. The Kier molecular flexibility index (Phi) is 12.2. The molecule has 0 aliphatic carbocycles. The van der Waals surface area contributed by atoms with Gasteiger partial charge in [0.1, 0.15) is 0 Å². The van der Waals surface area contributed by atoms with Gasteiger partial charge in [0.15, 0.2) is 5.78 Å². The Hall–Kier alpha value is -5.75. The van der Waals surface area contributed by atoms with Crippen LogP contribution >= 0.6 is 0 Å². The number of imide groups is 1. The molecule has 0 spiro atoms. The molecule has 3 aromatic heterocycles. The van der Waals surface area contributed by atoms with E-state index in [2.05, 4.69) is 22.2 Å². The number of ether oxygens (including phenoxy) is 1. The topological polar surface area (TPSA) is 248 Å². The zero-order valence-electron chi connectivity index (χ0n) is 34.0. The van der Waals surface area contributed by atoms with Crippen LogP contribution in [0.4, 0.5) is 0 Å². The van der Waals surface area contributed by atoms with Gasteiger partial charge in [-0.3, -0.25) is 38.5 Å². The van der Waals surface area contributed by atoms with Crippen LogP contribution in [0.2, 0.25) is 0 Å². The zero-order chi connectivity index (χ0) is 43.1. The molecule has 0 aromatic carbocycles. The summed E-state index contributed by atoms with van der Waals surface area (Å²) in [6.07, 6.45) is -0.0186. The molecule has 18 heteroatoms. The van der Waals surface area contributed by atoms with E-state index >= 15 is 0 Å². The van der Waals surface area contributed by atoms with E-state index in [9.17, 15) is 41.7 Å². The number of carbonyl (C=O) groups is 6. The van der Waals surface area contributed by atoms with Crippen LogP contribution in [0.15, 0.2) is 18.2 Å². The number of H-pyrrole nitrogens is 2. The highest BCUT2D eigenvalue weighted by Gasteiger charge is 2.36.